The number of rotatable bonds is 5. The molecule has 1 atom stereocenters. The quantitative estimate of drug-likeness (QED) is 0.255. The van der Waals surface area contributed by atoms with Gasteiger partial charge >= 0.3 is 0 Å². The Balaban J connectivity index is 1.44. The van der Waals surface area contributed by atoms with E-state index in [4.69, 9.17) is 0 Å². The van der Waals surface area contributed by atoms with Crippen molar-refractivity contribution >= 4 is 18.0 Å². The molecule has 36 heavy (non-hydrogen) atoms. The maximum Gasteiger partial charge on any atom is 0.286 e. The number of anilines is 1. The van der Waals surface area contributed by atoms with Crippen LogP contribution in [0.5, 0.6) is 0 Å². The first-order valence-electron chi connectivity index (χ1n) is 11.8. The van der Waals surface area contributed by atoms with E-state index < -0.39 is 18.5 Å². The van der Waals surface area contributed by atoms with Crippen molar-refractivity contribution in [3.05, 3.63) is 95.7 Å². The van der Waals surface area contributed by atoms with Gasteiger partial charge in [-0.1, -0.05) is 41.6 Å². The minimum atomic E-state index is -3.00. The van der Waals surface area contributed by atoms with Crippen LogP contribution in [0, 0.1) is 5.82 Å². The van der Waals surface area contributed by atoms with Gasteiger partial charge in [-0.15, -0.1) is 5.10 Å². The Morgan fingerprint density at radius 2 is 1.97 bits per heavy atom. The van der Waals surface area contributed by atoms with Crippen molar-refractivity contribution in [2.45, 2.75) is 31.7 Å². The summed E-state index contributed by atoms with van der Waals surface area (Å²) in [6.45, 7) is 5.28. The molecule has 0 bridgehead atoms. The third-order valence-electron chi connectivity index (χ3n) is 6.60. The molecule has 2 aliphatic heterocycles. The number of hydrogen-bond donors (Lipinski definition) is 0. The molecule has 0 amide bonds. The Morgan fingerprint density at radius 3 is 2.69 bits per heavy atom. The van der Waals surface area contributed by atoms with Crippen LogP contribution in [-0.4, -0.2) is 45.8 Å². The van der Waals surface area contributed by atoms with Crippen LogP contribution in [-0.2, 0) is 6.42 Å². The first-order valence-corrected chi connectivity index (χ1v) is 11.8. The van der Waals surface area contributed by atoms with E-state index in [0.29, 0.717) is 35.5 Å². The van der Waals surface area contributed by atoms with Gasteiger partial charge in [0.25, 0.3) is 5.92 Å². The van der Waals surface area contributed by atoms with Crippen LogP contribution in [0.15, 0.2) is 78.8 Å². The molecule has 2 aliphatic rings. The SMILES string of the molecule is C=[N+](C)C=CC(=CC)c1ccc(-c2cn(C3CCc4c(F)cccc4N4CC(F)(F)C=C34)nn2)cc1. The zero-order chi connectivity index (χ0) is 25.4. The Kier molecular flexibility index (Phi) is 6.12. The Bertz CT molecular complexity index is 1400. The predicted octanol–water partition coefficient (Wildman–Crippen LogP) is 5.87. The molecular formula is C28H27F3N5+. The van der Waals surface area contributed by atoms with Gasteiger partial charge in [-0.2, -0.15) is 8.78 Å². The third kappa shape index (κ3) is 4.51. The monoisotopic (exact) mass is 490 g/mol. The standard InChI is InChI=1S/C28H27F3N5/c1-4-19(14-15-34(2)3)20-8-10-21(11-9-20)24-17-36(33-32-24)26-13-12-22-23(29)6-5-7-25(22)35-18-28(30,31)16-27(26)35/h4-11,14-17,26H,2,12-13,18H2,1,3H3/q+1. The van der Waals surface area contributed by atoms with Crippen LogP contribution < -0.4 is 4.90 Å². The lowest BCUT2D eigenvalue weighted by atomic mass is 10.0. The summed E-state index contributed by atoms with van der Waals surface area (Å²) in [5.41, 5.74) is 4.99. The lowest BCUT2D eigenvalue weighted by Gasteiger charge is -2.26. The number of hydrogen-bond acceptors (Lipinski definition) is 3. The summed E-state index contributed by atoms with van der Waals surface area (Å²) in [6, 6.07) is 12.1. The fourth-order valence-electron chi connectivity index (χ4n) is 4.85. The second kappa shape index (κ2) is 9.26. The number of alkyl halides is 2. The molecule has 184 valence electrons. The number of aromatic nitrogens is 3. The molecule has 3 aromatic rings. The average molecular weight is 491 g/mol. The van der Waals surface area contributed by atoms with Crippen molar-refractivity contribution in [1.82, 2.24) is 15.0 Å². The summed E-state index contributed by atoms with van der Waals surface area (Å²) >= 11 is 0. The van der Waals surface area contributed by atoms with Crippen LogP contribution >= 0.6 is 0 Å². The smallest absolute Gasteiger partial charge is 0.286 e. The molecule has 0 N–H and O–H groups in total. The highest BCUT2D eigenvalue weighted by atomic mass is 19.3. The minimum absolute atomic E-state index is 0.376. The molecule has 0 spiro atoms. The zero-order valence-corrected chi connectivity index (χ0v) is 20.2. The summed E-state index contributed by atoms with van der Waals surface area (Å²) in [5, 5.41) is 8.63. The number of halogens is 3. The Hall–Kier alpha value is -3.94. The maximum absolute atomic E-state index is 14.6. The average Bonchev–Trinajstić information content (AvgIpc) is 3.42. The topological polar surface area (TPSA) is 37.0 Å². The van der Waals surface area contributed by atoms with Gasteiger partial charge < -0.3 is 4.90 Å². The number of nitrogens with zero attached hydrogens (tertiary/aromatic N) is 5. The lowest BCUT2D eigenvalue weighted by molar-refractivity contribution is -0.411. The van der Waals surface area contributed by atoms with E-state index in [1.54, 1.807) is 27.6 Å². The molecule has 0 saturated heterocycles. The van der Waals surface area contributed by atoms with Crippen LogP contribution in [0.2, 0.25) is 0 Å². The molecule has 0 radical (unpaired) electrons. The molecule has 8 heteroatoms. The first-order chi connectivity index (χ1) is 17.3. The number of allylic oxidation sites excluding steroid dienone is 4. The minimum Gasteiger partial charge on any atom is -0.336 e. The summed E-state index contributed by atoms with van der Waals surface area (Å²) in [7, 11) is 1.86. The van der Waals surface area contributed by atoms with Gasteiger partial charge in [0, 0.05) is 34.7 Å². The highest BCUT2D eigenvalue weighted by Crippen LogP contribution is 2.44. The van der Waals surface area contributed by atoms with Crippen LogP contribution in [0.4, 0.5) is 18.9 Å². The van der Waals surface area contributed by atoms with Gasteiger partial charge in [0.15, 0.2) is 6.20 Å². The second-order valence-corrected chi connectivity index (χ2v) is 9.19. The van der Waals surface area contributed by atoms with Gasteiger partial charge in [-0.3, -0.25) is 0 Å². The fourth-order valence-corrected chi connectivity index (χ4v) is 4.85. The third-order valence-corrected chi connectivity index (χ3v) is 6.60. The number of benzene rings is 2. The molecule has 2 aromatic carbocycles. The van der Waals surface area contributed by atoms with E-state index >= 15 is 0 Å². The molecule has 0 aliphatic carbocycles. The van der Waals surface area contributed by atoms with Crippen molar-refractivity contribution in [3.8, 4) is 11.3 Å². The highest BCUT2D eigenvalue weighted by molar-refractivity contribution is 5.75. The molecule has 0 saturated carbocycles. The molecule has 5 rings (SSSR count). The molecule has 1 unspecified atom stereocenters. The predicted molar refractivity (Wildman–Crippen MR) is 136 cm³/mol. The van der Waals surface area contributed by atoms with Crippen molar-refractivity contribution in [1.29, 1.82) is 0 Å². The van der Waals surface area contributed by atoms with Crippen molar-refractivity contribution in [2.75, 3.05) is 18.5 Å². The maximum atomic E-state index is 14.6. The largest absolute Gasteiger partial charge is 0.336 e. The van der Waals surface area contributed by atoms with E-state index in [0.717, 1.165) is 22.8 Å². The van der Waals surface area contributed by atoms with Gasteiger partial charge in [-0.25, -0.2) is 13.6 Å². The van der Waals surface area contributed by atoms with Crippen LogP contribution in [0.1, 0.15) is 30.5 Å². The van der Waals surface area contributed by atoms with E-state index in [1.807, 2.05) is 56.6 Å². The van der Waals surface area contributed by atoms with Gasteiger partial charge in [0.05, 0.1) is 18.8 Å². The molecular weight excluding hydrogens is 463 g/mol. The van der Waals surface area contributed by atoms with Crippen molar-refractivity contribution < 1.29 is 17.7 Å². The van der Waals surface area contributed by atoms with Crippen LogP contribution in [0.3, 0.4) is 0 Å². The van der Waals surface area contributed by atoms with E-state index in [-0.39, 0.29) is 5.82 Å². The molecule has 0 fully saturated rings. The van der Waals surface area contributed by atoms with E-state index in [9.17, 15) is 13.2 Å². The van der Waals surface area contributed by atoms with Gasteiger partial charge in [0.1, 0.15) is 25.3 Å². The fraction of sp³-hybridized carbons (Fsp3) is 0.250. The summed E-state index contributed by atoms with van der Waals surface area (Å²) < 4.78 is 46.9. The first kappa shape index (κ1) is 23.8. The van der Waals surface area contributed by atoms with Crippen molar-refractivity contribution in [2.24, 2.45) is 0 Å². The highest BCUT2D eigenvalue weighted by Gasteiger charge is 2.43. The van der Waals surface area contributed by atoms with Gasteiger partial charge in [0.2, 0.25) is 0 Å². The number of fused-ring (bicyclic) bond motifs is 3. The summed E-state index contributed by atoms with van der Waals surface area (Å²) in [4.78, 5) is 1.53. The lowest BCUT2D eigenvalue weighted by Crippen LogP contribution is -2.29. The zero-order valence-electron chi connectivity index (χ0n) is 20.2. The van der Waals surface area contributed by atoms with Crippen LogP contribution in [0.25, 0.3) is 16.8 Å². The summed E-state index contributed by atoms with van der Waals surface area (Å²) in [5.74, 6) is -3.38. The van der Waals surface area contributed by atoms with Crippen molar-refractivity contribution in [3.63, 3.8) is 0 Å². The summed E-state index contributed by atoms with van der Waals surface area (Å²) in [6.07, 6.45) is 9.51. The molecule has 1 aromatic heterocycles. The molecule has 3 heterocycles. The second-order valence-electron chi connectivity index (χ2n) is 9.19. The Labute approximate surface area is 208 Å². The Morgan fingerprint density at radius 1 is 1.19 bits per heavy atom. The van der Waals surface area contributed by atoms with E-state index in [2.05, 4.69) is 17.0 Å². The van der Waals surface area contributed by atoms with Gasteiger partial charge in [-0.05, 0) is 43.0 Å². The molecule has 5 nitrogen and oxygen atoms in total. The van der Waals surface area contributed by atoms with E-state index in [1.165, 1.54) is 11.0 Å². The normalized spacial score (nSPS) is 19.1.